The van der Waals surface area contributed by atoms with E-state index in [4.69, 9.17) is 14.2 Å². The highest BCUT2D eigenvalue weighted by Gasteiger charge is 2.29. The largest absolute Gasteiger partial charge is 0.495 e. The number of pyridine rings is 1. The van der Waals surface area contributed by atoms with Gasteiger partial charge in [-0.3, -0.25) is 9.78 Å². The van der Waals surface area contributed by atoms with E-state index < -0.39 is 0 Å². The van der Waals surface area contributed by atoms with Gasteiger partial charge in [-0.1, -0.05) is 18.2 Å². The molecule has 0 amide bonds. The number of aromatic nitrogens is 3. The molecule has 4 aromatic rings. The third-order valence-electron chi connectivity index (χ3n) is 6.68. The van der Waals surface area contributed by atoms with Crippen LogP contribution in [0.3, 0.4) is 0 Å². The van der Waals surface area contributed by atoms with Crippen LogP contribution in [-0.4, -0.2) is 41.8 Å². The zero-order chi connectivity index (χ0) is 25.2. The molecule has 188 valence electrons. The van der Waals surface area contributed by atoms with Crippen molar-refractivity contribution in [2.45, 2.75) is 19.1 Å². The minimum absolute atomic E-state index is 0.168. The number of para-hydroxylation sites is 1. The standard InChI is InChI=1S/C28H27N5O4/c1-35-22-9-18(13-29-15-22)14-30-21-5-6-24-20(11-21)10-19-3-2-4-23(28(19)37-24)25-16-33(7-8-36-25)26-12-27(34)32-17-31-26/h2-6,9,11-13,15,17,25,30H,7-8,10,14,16H2,1H3,(H,31,32,34). The van der Waals surface area contributed by atoms with E-state index in [0.717, 1.165) is 51.6 Å². The fraction of sp³-hybridized carbons (Fsp3) is 0.250. The summed E-state index contributed by atoms with van der Waals surface area (Å²) in [5, 5.41) is 3.47. The summed E-state index contributed by atoms with van der Waals surface area (Å²) in [6.45, 7) is 2.44. The number of H-pyrrole nitrogens is 1. The number of anilines is 2. The number of aromatic amines is 1. The van der Waals surface area contributed by atoms with Gasteiger partial charge in [0.15, 0.2) is 0 Å². The fourth-order valence-electron chi connectivity index (χ4n) is 4.82. The molecule has 0 saturated carbocycles. The maximum Gasteiger partial charge on any atom is 0.252 e. The van der Waals surface area contributed by atoms with Crippen LogP contribution in [0.2, 0.25) is 0 Å². The van der Waals surface area contributed by atoms with Crippen molar-refractivity contribution >= 4 is 11.5 Å². The van der Waals surface area contributed by atoms with Gasteiger partial charge in [-0.05, 0) is 35.4 Å². The number of methoxy groups -OCH3 is 1. The van der Waals surface area contributed by atoms with E-state index in [0.29, 0.717) is 32.1 Å². The number of hydrogen-bond donors (Lipinski definition) is 2. The lowest BCUT2D eigenvalue weighted by atomic mass is 9.95. The molecule has 6 rings (SSSR count). The lowest BCUT2D eigenvalue weighted by molar-refractivity contribution is 0.0381. The highest BCUT2D eigenvalue weighted by molar-refractivity contribution is 5.59. The van der Waals surface area contributed by atoms with Gasteiger partial charge in [0.1, 0.15) is 29.2 Å². The minimum Gasteiger partial charge on any atom is -0.495 e. The molecule has 0 radical (unpaired) electrons. The fourth-order valence-corrected chi connectivity index (χ4v) is 4.82. The van der Waals surface area contributed by atoms with Crippen LogP contribution in [0.15, 0.2) is 72.0 Å². The van der Waals surface area contributed by atoms with Crippen LogP contribution in [0, 0.1) is 0 Å². The van der Waals surface area contributed by atoms with Crippen molar-refractivity contribution in [3.63, 3.8) is 0 Å². The number of rotatable bonds is 6. The molecule has 1 fully saturated rings. The summed E-state index contributed by atoms with van der Waals surface area (Å²) < 4.78 is 17.9. The third-order valence-corrected chi connectivity index (χ3v) is 6.68. The van der Waals surface area contributed by atoms with E-state index in [1.807, 2.05) is 30.5 Å². The molecule has 0 spiro atoms. The Morgan fingerprint density at radius 2 is 2.11 bits per heavy atom. The molecular weight excluding hydrogens is 470 g/mol. The maximum atomic E-state index is 11.8. The van der Waals surface area contributed by atoms with Gasteiger partial charge < -0.3 is 29.4 Å². The van der Waals surface area contributed by atoms with Crippen LogP contribution >= 0.6 is 0 Å². The Bertz CT molecular complexity index is 1490. The number of nitrogens with one attached hydrogen (secondary N) is 2. The molecule has 2 aromatic carbocycles. The lowest BCUT2D eigenvalue weighted by Gasteiger charge is -2.35. The zero-order valence-electron chi connectivity index (χ0n) is 20.4. The number of fused-ring (bicyclic) bond motifs is 2. The van der Waals surface area contributed by atoms with Crippen molar-refractivity contribution in [2.75, 3.05) is 37.0 Å². The molecule has 1 saturated heterocycles. The molecule has 9 heteroatoms. The molecule has 1 atom stereocenters. The molecule has 1 unspecified atom stereocenters. The second kappa shape index (κ2) is 9.94. The van der Waals surface area contributed by atoms with Crippen LogP contribution < -0.4 is 25.2 Å². The van der Waals surface area contributed by atoms with Crippen molar-refractivity contribution < 1.29 is 14.2 Å². The van der Waals surface area contributed by atoms with Gasteiger partial charge in [-0.25, -0.2) is 4.98 Å². The van der Waals surface area contributed by atoms with E-state index in [1.54, 1.807) is 13.3 Å². The van der Waals surface area contributed by atoms with Gasteiger partial charge in [-0.15, -0.1) is 0 Å². The average molecular weight is 498 g/mol. The quantitative estimate of drug-likeness (QED) is 0.362. The third kappa shape index (κ3) is 4.85. The number of hydrogen-bond acceptors (Lipinski definition) is 8. The van der Waals surface area contributed by atoms with E-state index in [1.165, 1.54) is 12.4 Å². The summed E-state index contributed by atoms with van der Waals surface area (Å²) >= 11 is 0. The van der Waals surface area contributed by atoms with Crippen LogP contribution in [0.1, 0.15) is 28.4 Å². The summed E-state index contributed by atoms with van der Waals surface area (Å²) in [6.07, 6.45) is 5.53. The van der Waals surface area contributed by atoms with Crippen molar-refractivity contribution in [2.24, 2.45) is 0 Å². The van der Waals surface area contributed by atoms with Gasteiger partial charge in [0.25, 0.3) is 5.56 Å². The van der Waals surface area contributed by atoms with Gasteiger partial charge in [0, 0.05) is 48.6 Å². The Morgan fingerprint density at radius 1 is 1.16 bits per heavy atom. The first kappa shape index (κ1) is 23.1. The second-order valence-corrected chi connectivity index (χ2v) is 9.10. The Morgan fingerprint density at radius 3 is 3.00 bits per heavy atom. The van der Waals surface area contributed by atoms with Gasteiger partial charge in [0.05, 0.1) is 32.8 Å². The Hall–Kier alpha value is -4.37. The van der Waals surface area contributed by atoms with Gasteiger partial charge in [0.2, 0.25) is 0 Å². The molecular formula is C28H27N5O4. The van der Waals surface area contributed by atoms with Crippen LogP contribution in [0.4, 0.5) is 11.5 Å². The molecule has 0 aliphatic carbocycles. The first-order valence-corrected chi connectivity index (χ1v) is 12.2. The smallest absolute Gasteiger partial charge is 0.252 e. The van der Waals surface area contributed by atoms with E-state index >= 15 is 0 Å². The molecule has 2 aliphatic rings. The SMILES string of the molecule is COc1cncc(CNc2ccc3c(c2)Cc2cccc(C4CN(c5cc(=O)[nH]cn5)CCO4)c2O3)c1. The van der Waals surface area contributed by atoms with E-state index in [-0.39, 0.29) is 11.7 Å². The second-order valence-electron chi connectivity index (χ2n) is 9.10. The molecule has 37 heavy (non-hydrogen) atoms. The summed E-state index contributed by atoms with van der Waals surface area (Å²) in [7, 11) is 1.64. The van der Waals surface area contributed by atoms with Crippen LogP contribution in [-0.2, 0) is 17.7 Å². The number of ether oxygens (including phenoxy) is 3. The molecule has 4 heterocycles. The first-order chi connectivity index (χ1) is 18.2. The normalized spacial score (nSPS) is 16.4. The van der Waals surface area contributed by atoms with E-state index in [2.05, 4.69) is 43.4 Å². The summed E-state index contributed by atoms with van der Waals surface area (Å²) in [5.41, 5.74) is 5.14. The van der Waals surface area contributed by atoms with Crippen molar-refractivity contribution in [3.8, 4) is 17.2 Å². The van der Waals surface area contributed by atoms with Crippen molar-refractivity contribution in [1.29, 1.82) is 0 Å². The zero-order valence-corrected chi connectivity index (χ0v) is 20.4. The molecule has 9 nitrogen and oxygen atoms in total. The predicted octanol–water partition coefficient (Wildman–Crippen LogP) is 4.06. The Balaban J connectivity index is 1.19. The van der Waals surface area contributed by atoms with E-state index in [9.17, 15) is 4.79 Å². The number of morpholine rings is 1. The summed E-state index contributed by atoms with van der Waals surface area (Å²) in [6, 6.07) is 15.9. The molecule has 2 N–H and O–H groups in total. The summed E-state index contributed by atoms with van der Waals surface area (Å²) in [4.78, 5) is 25.0. The Kier molecular flexibility index (Phi) is 6.20. The maximum absolute atomic E-state index is 11.8. The highest BCUT2D eigenvalue weighted by atomic mass is 16.5. The monoisotopic (exact) mass is 497 g/mol. The van der Waals surface area contributed by atoms with Crippen LogP contribution in [0.5, 0.6) is 17.2 Å². The number of benzene rings is 2. The first-order valence-electron chi connectivity index (χ1n) is 12.2. The average Bonchev–Trinajstić information content (AvgIpc) is 2.94. The number of nitrogens with zero attached hydrogens (tertiary/aromatic N) is 3. The molecule has 2 aliphatic heterocycles. The topological polar surface area (TPSA) is 102 Å². The summed E-state index contributed by atoms with van der Waals surface area (Å²) in [5.74, 6) is 3.09. The van der Waals surface area contributed by atoms with Gasteiger partial charge in [-0.2, -0.15) is 0 Å². The molecule has 2 aromatic heterocycles. The minimum atomic E-state index is -0.191. The Labute approximate surface area is 214 Å². The lowest BCUT2D eigenvalue weighted by Crippen LogP contribution is -2.39. The van der Waals surface area contributed by atoms with Crippen molar-refractivity contribution in [1.82, 2.24) is 15.0 Å². The van der Waals surface area contributed by atoms with Crippen molar-refractivity contribution in [3.05, 3.63) is 99.9 Å². The van der Waals surface area contributed by atoms with Crippen LogP contribution in [0.25, 0.3) is 0 Å². The molecule has 0 bridgehead atoms. The predicted molar refractivity (Wildman–Crippen MR) is 140 cm³/mol. The highest BCUT2D eigenvalue weighted by Crippen LogP contribution is 2.43. The van der Waals surface area contributed by atoms with Gasteiger partial charge >= 0.3 is 0 Å².